The van der Waals surface area contributed by atoms with Crippen LogP contribution in [-0.2, 0) is 89.7 Å². The molecule has 1 saturated carbocycles. The predicted octanol–water partition coefficient (Wildman–Crippen LogP) is 7.41. The van der Waals surface area contributed by atoms with E-state index in [2.05, 4.69) is 10.6 Å². The zero-order valence-corrected chi connectivity index (χ0v) is 50.9. The Bertz CT molecular complexity index is 3950. The summed E-state index contributed by atoms with van der Waals surface area (Å²) in [5, 5.41) is 7.49. The first-order chi connectivity index (χ1) is 41.9. The van der Waals surface area contributed by atoms with Crippen LogP contribution in [0.5, 0.6) is 0 Å². The van der Waals surface area contributed by atoms with Crippen molar-refractivity contribution in [3.05, 3.63) is 127 Å². The number of Topliss-reactive ketones (excluding diaryl/α,β-unsaturated/α-hetero) is 4. The second-order valence-corrected chi connectivity index (χ2v) is 25.8. The lowest BCUT2D eigenvalue weighted by molar-refractivity contribution is -0.170. The van der Waals surface area contributed by atoms with Crippen molar-refractivity contribution < 1.29 is 52.6 Å². The molecule has 2 amide bonds. The summed E-state index contributed by atoms with van der Waals surface area (Å²) in [5.74, 6) is -4.24. The number of ketones is 4. The van der Waals surface area contributed by atoms with Crippen LogP contribution in [0.3, 0.4) is 0 Å². The minimum atomic E-state index is -1.78. The number of rotatable bonds is 25. The number of benzene rings is 2. The van der Waals surface area contributed by atoms with Gasteiger partial charge in [0.2, 0.25) is 11.8 Å². The van der Waals surface area contributed by atoms with Crippen molar-refractivity contribution in [1.82, 2.24) is 29.7 Å². The van der Waals surface area contributed by atoms with Gasteiger partial charge in [-0.05, 0) is 88.3 Å². The van der Waals surface area contributed by atoms with E-state index in [9.17, 15) is 47.9 Å². The van der Waals surface area contributed by atoms with Gasteiger partial charge in [0.15, 0.2) is 22.8 Å². The highest BCUT2D eigenvalue weighted by Crippen LogP contribution is 2.45. The topological polar surface area (TPSA) is 258 Å². The third kappa shape index (κ3) is 12.0. The van der Waals surface area contributed by atoms with Gasteiger partial charge in [-0.3, -0.25) is 47.9 Å². The Morgan fingerprint density at radius 2 is 1.08 bits per heavy atom. The van der Waals surface area contributed by atoms with Crippen LogP contribution in [0.2, 0.25) is 0 Å². The summed E-state index contributed by atoms with van der Waals surface area (Å²) in [6, 6.07) is 22.9. The Hall–Kier alpha value is -7.62. The van der Waals surface area contributed by atoms with Crippen molar-refractivity contribution in [1.29, 1.82) is 0 Å². The van der Waals surface area contributed by atoms with Crippen molar-refractivity contribution in [3.8, 4) is 22.8 Å². The van der Waals surface area contributed by atoms with E-state index in [-0.39, 0.29) is 127 Å². The maximum absolute atomic E-state index is 14.2. The lowest BCUT2D eigenvalue weighted by atomic mass is 9.76. The second kappa shape index (κ2) is 25.6. The van der Waals surface area contributed by atoms with E-state index in [0.29, 0.717) is 70.3 Å². The Morgan fingerprint density at radius 3 is 1.54 bits per heavy atom. The maximum atomic E-state index is 14.2. The summed E-state index contributed by atoms with van der Waals surface area (Å²) in [7, 11) is 0. The average molecular weight is 1220 g/mol. The molecule has 2 aliphatic heterocycles. The number of pyridine rings is 4. The average Bonchev–Trinajstić information content (AvgIpc) is 1.73. The van der Waals surface area contributed by atoms with Crippen molar-refractivity contribution in [2.24, 2.45) is 11.8 Å². The van der Waals surface area contributed by atoms with E-state index in [1.807, 2.05) is 67.6 Å². The van der Waals surface area contributed by atoms with Crippen LogP contribution < -0.4 is 21.8 Å². The fourth-order valence-electron chi connectivity index (χ4n) is 12.8. The number of thioether (sulfide) groups is 2. The molecule has 0 spiro atoms. The molecule has 1 fully saturated rings. The molecule has 0 bridgehead atoms. The molecule has 454 valence electrons. The zero-order valence-electron chi connectivity index (χ0n) is 49.3. The molecule has 21 heteroatoms. The molecule has 2 N–H and O–H groups in total. The molecule has 4 unspecified atom stereocenters. The van der Waals surface area contributed by atoms with E-state index in [4.69, 9.17) is 24.2 Å². The van der Waals surface area contributed by atoms with Crippen LogP contribution in [0, 0.1) is 11.8 Å². The van der Waals surface area contributed by atoms with Gasteiger partial charge < -0.3 is 34.0 Å². The van der Waals surface area contributed by atoms with E-state index in [0.717, 1.165) is 45.8 Å². The molecule has 0 radical (unpaired) electrons. The van der Waals surface area contributed by atoms with Gasteiger partial charge in [-0.2, -0.15) is 23.5 Å². The van der Waals surface area contributed by atoms with E-state index < -0.39 is 54.0 Å². The summed E-state index contributed by atoms with van der Waals surface area (Å²) in [5.41, 5.74) is 3.05. The number of nitrogens with zero attached hydrogens (tertiary/aromatic N) is 4. The molecule has 87 heavy (non-hydrogen) atoms. The summed E-state index contributed by atoms with van der Waals surface area (Å²) in [6.45, 7) is 6.58. The second-order valence-electron chi connectivity index (χ2n) is 23.3. The Kier molecular flexibility index (Phi) is 18.0. The largest absolute Gasteiger partial charge is 0.445 e. The third-order valence-corrected chi connectivity index (χ3v) is 21.3. The first-order valence-corrected chi connectivity index (χ1v) is 32.3. The van der Waals surface area contributed by atoms with Gasteiger partial charge in [0.1, 0.15) is 24.7 Å². The van der Waals surface area contributed by atoms with E-state index in [1.54, 1.807) is 46.9 Å². The van der Waals surface area contributed by atoms with Crippen LogP contribution in [0.15, 0.2) is 82.4 Å². The van der Waals surface area contributed by atoms with E-state index in [1.165, 1.54) is 18.7 Å². The fourth-order valence-corrected chi connectivity index (χ4v) is 16.2. The molecule has 6 aromatic rings. The number of carbonyl (C=O) groups is 8. The lowest BCUT2D eigenvalue weighted by Gasteiger charge is -2.37. The van der Waals surface area contributed by atoms with Crippen LogP contribution in [0.4, 0.5) is 0 Å². The Balaban J connectivity index is 0.706. The van der Waals surface area contributed by atoms with Gasteiger partial charge in [-0.15, -0.1) is 0 Å². The number of aromatic nitrogens is 4. The number of amides is 2. The van der Waals surface area contributed by atoms with Gasteiger partial charge >= 0.3 is 11.9 Å². The van der Waals surface area contributed by atoms with Crippen molar-refractivity contribution in [2.45, 2.75) is 140 Å². The maximum Gasteiger partial charge on any atom is 0.326 e. The molecular formula is C66H70N6O13S2. The number of nitrogens with one attached hydrogen (secondary N) is 2. The summed E-state index contributed by atoms with van der Waals surface area (Å²) >= 11 is 3.16. The highest BCUT2D eigenvalue weighted by atomic mass is 32.2. The van der Waals surface area contributed by atoms with Crippen LogP contribution in [-0.4, -0.2) is 114 Å². The number of esters is 2. The Morgan fingerprint density at radius 1 is 0.621 bits per heavy atom. The van der Waals surface area contributed by atoms with Crippen LogP contribution >= 0.6 is 23.5 Å². The highest BCUT2D eigenvalue weighted by Gasteiger charge is 2.50. The minimum Gasteiger partial charge on any atom is -0.445 e. The first kappa shape index (κ1) is 61.0. The molecule has 11 rings (SSSR count). The quantitative estimate of drug-likeness (QED) is 0.0417. The first-order valence-electron chi connectivity index (χ1n) is 30.2. The lowest BCUT2D eigenvalue weighted by Crippen LogP contribution is -2.48. The Labute approximate surface area is 510 Å². The fraction of sp³-hybridized carbons (Fsp3) is 0.455. The number of hydrogen-bond acceptors (Lipinski definition) is 17. The van der Waals surface area contributed by atoms with Crippen LogP contribution in [0.25, 0.3) is 44.6 Å². The normalized spacial score (nSPS) is 20.2. The molecule has 2 aromatic carbocycles. The zero-order chi connectivity index (χ0) is 61.3. The molecule has 4 aromatic heterocycles. The SMILES string of the molecule is CCC(CSC1CCC1SCC(CC(=O)CCOCCC(C)=O)C(=O)NCC(=O)O[C@@]1(CC)C(=O)CCc2c1cc1n(c2=O)Cc2cc3ccccc3nc2-1)C(=O)NCC(=O)O[C@@]1(CC)C(=O)CCc2c1cc1n(c2=O)Cc2cc3ccccc3nc2-1. The molecule has 6 heterocycles. The summed E-state index contributed by atoms with van der Waals surface area (Å²) in [4.78, 5) is 146. The van der Waals surface area contributed by atoms with Crippen molar-refractivity contribution in [2.75, 3.05) is 37.8 Å². The van der Waals surface area contributed by atoms with E-state index >= 15 is 0 Å². The molecule has 6 atom stereocenters. The van der Waals surface area contributed by atoms with Crippen molar-refractivity contribution in [3.63, 3.8) is 0 Å². The third-order valence-electron chi connectivity index (χ3n) is 17.9. The monoisotopic (exact) mass is 1220 g/mol. The van der Waals surface area contributed by atoms with Gasteiger partial charge in [-0.25, -0.2) is 9.97 Å². The molecular weight excluding hydrogens is 1150 g/mol. The van der Waals surface area contributed by atoms with Gasteiger partial charge in [0.25, 0.3) is 11.1 Å². The number of carbonyl (C=O) groups excluding carboxylic acids is 8. The van der Waals surface area contributed by atoms with Crippen LogP contribution in [0.1, 0.15) is 125 Å². The standard InChI is InChI=1S/C66H70N6O13S2/c1-5-38(61(79)67-31-57(77)84-65(6-2)47-29-51-59-41(26-39-12-8-10-14-49(39)69-59)33-71(51)63(81)45(47)16-20-55(65)75)35-86-53-18-19-54(53)87-36-43(28-44(74)23-25-83-24-22-37(4)73)62(80)68-32-58(78)85-66(7-3)48-30-52-60-42(27-40-13-9-11-15-50(40)70-60)34-72(52)64(82)46(48)17-21-56(66)76/h8-15,26-27,29-30,38,43,53-54H,5-7,16-25,28,31-36H2,1-4H3,(H,67,79)(H,68,80)/t38?,43?,53?,54?,65-,66-/m1/s1. The van der Waals surface area contributed by atoms with Crippen molar-refractivity contribution >= 4 is 92.2 Å². The highest BCUT2D eigenvalue weighted by molar-refractivity contribution is 8.04. The number of para-hydroxylation sites is 2. The number of ether oxygens (including phenoxy) is 3. The minimum absolute atomic E-state index is 0.00889. The van der Waals surface area contributed by atoms with Gasteiger partial charge in [0.05, 0.1) is 66.0 Å². The smallest absolute Gasteiger partial charge is 0.326 e. The predicted molar refractivity (Wildman–Crippen MR) is 329 cm³/mol. The van der Waals surface area contributed by atoms with Gasteiger partial charge in [-0.1, -0.05) is 57.2 Å². The number of fused-ring (bicyclic) bond motifs is 10. The molecule has 5 aliphatic rings. The molecule has 0 saturated heterocycles. The number of hydrogen-bond donors (Lipinski definition) is 2. The molecule has 3 aliphatic carbocycles. The summed E-state index contributed by atoms with van der Waals surface area (Å²) < 4.78 is 21.0. The summed E-state index contributed by atoms with van der Waals surface area (Å²) in [6.07, 6.45) is 2.73. The van der Waals surface area contributed by atoms with Gasteiger partial charge in [0, 0.05) is 104 Å². The molecule has 19 nitrogen and oxygen atoms in total.